The van der Waals surface area contributed by atoms with Crippen LogP contribution in [0.15, 0.2) is 67.1 Å². The van der Waals surface area contributed by atoms with E-state index in [9.17, 15) is 18.0 Å². The number of hydrogen-bond acceptors (Lipinski definition) is 5. The molecule has 7 nitrogen and oxygen atoms in total. The van der Waals surface area contributed by atoms with Crippen molar-refractivity contribution in [2.24, 2.45) is 0 Å². The number of benzene rings is 2. The number of ether oxygens (including phenoxy) is 2. The van der Waals surface area contributed by atoms with E-state index in [-0.39, 0.29) is 5.56 Å². The highest BCUT2D eigenvalue weighted by Crippen LogP contribution is 2.31. The van der Waals surface area contributed by atoms with Crippen LogP contribution >= 0.6 is 0 Å². The van der Waals surface area contributed by atoms with E-state index >= 15 is 0 Å². The van der Waals surface area contributed by atoms with Gasteiger partial charge in [0.15, 0.2) is 0 Å². The Hall–Kier alpha value is -4.08. The maximum absolute atomic E-state index is 12.6. The number of imidazole rings is 1. The van der Waals surface area contributed by atoms with Crippen LogP contribution in [-0.4, -0.2) is 33.7 Å². The monoisotopic (exact) mass is 428 g/mol. The zero-order valence-electron chi connectivity index (χ0n) is 16.1. The second-order valence-electron chi connectivity index (χ2n) is 6.39. The van der Waals surface area contributed by atoms with Crippen molar-refractivity contribution in [2.45, 2.75) is 6.36 Å². The predicted octanol–water partition coefficient (Wildman–Crippen LogP) is 4.56. The minimum absolute atomic E-state index is 0.152. The molecule has 0 radical (unpaired) electrons. The molecule has 2 aromatic carbocycles. The molecule has 0 bridgehead atoms. The van der Waals surface area contributed by atoms with Gasteiger partial charge in [-0.1, -0.05) is 0 Å². The van der Waals surface area contributed by atoms with Crippen LogP contribution in [0.25, 0.3) is 17.0 Å². The average Bonchev–Trinajstić information content (AvgIpc) is 3.17. The van der Waals surface area contributed by atoms with Crippen molar-refractivity contribution in [1.29, 1.82) is 0 Å². The number of alkyl halides is 3. The summed E-state index contributed by atoms with van der Waals surface area (Å²) in [4.78, 5) is 21.2. The van der Waals surface area contributed by atoms with E-state index in [1.807, 2.05) is 6.20 Å². The van der Waals surface area contributed by atoms with E-state index in [1.54, 1.807) is 41.1 Å². The fourth-order valence-electron chi connectivity index (χ4n) is 2.94. The summed E-state index contributed by atoms with van der Waals surface area (Å²) in [5.74, 6) is 0.00541. The van der Waals surface area contributed by atoms with Gasteiger partial charge in [0.05, 0.1) is 18.5 Å². The Morgan fingerprint density at radius 1 is 1.13 bits per heavy atom. The second kappa shape index (κ2) is 7.98. The summed E-state index contributed by atoms with van der Waals surface area (Å²) in [5.41, 5.74) is 1.89. The van der Waals surface area contributed by atoms with E-state index < -0.39 is 18.0 Å². The lowest BCUT2D eigenvalue weighted by atomic mass is 10.1. The number of aromatic nitrogens is 3. The Bertz CT molecular complexity index is 1200. The first-order valence-electron chi connectivity index (χ1n) is 8.98. The average molecular weight is 428 g/mol. The van der Waals surface area contributed by atoms with E-state index in [2.05, 4.69) is 20.0 Å². The molecule has 0 aliphatic carbocycles. The molecule has 31 heavy (non-hydrogen) atoms. The number of nitrogens with one attached hydrogen (secondary N) is 1. The van der Waals surface area contributed by atoms with E-state index in [4.69, 9.17) is 4.74 Å². The van der Waals surface area contributed by atoms with Crippen molar-refractivity contribution in [3.05, 3.63) is 72.7 Å². The summed E-state index contributed by atoms with van der Waals surface area (Å²) in [6.45, 7) is 0. The molecule has 0 spiro atoms. The zero-order valence-corrected chi connectivity index (χ0v) is 16.1. The fourth-order valence-corrected chi connectivity index (χ4v) is 2.94. The normalized spacial score (nSPS) is 11.4. The minimum atomic E-state index is -4.80. The highest BCUT2D eigenvalue weighted by atomic mass is 19.4. The Kier molecular flexibility index (Phi) is 5.20. The maximum atomic E-state index is 12.6. The molecule has 0 aliphatic rings. The number of fused-ring (bicyclic) bond motifs is 1. The van der Waals surface area contributed by atoms with Crippen LogP contribution in [0.5, 0.6) is 11.5 Å². The van der Waals surface area contributed by atoms with E-state index in [0.717, 1.165) is 17.7 Å². The summed E-state index contributed by atoms with van der Waals surface area (Å²) in [7, 11) is 1.46. The largest absolute Gasteiger partial charge is 0.573 e. The van der Waals surface area contributed by atoms with Crippen molar-refractivity contribution in [3.63, 3.8) is 0 Å². The molecule has 10 heteroatoms. The molecule has 158 valence electrons. The second-order valence-corrected chi connectivity index (χ2v) is 6.39. The summed E-state index contributed by atoms with van der Waals surface area (Å²) in [6.07, 6.45) is 0.453. The number of amides is 1. The zero-order chi connectivity index (χ0) is 22.0. The summed E-state index contributed by atoms with van der Waals surface area (Å²) in [6, 6.07) is 11.6. The molecular formula is C21H15F3N4O3. The highest BCUT2D eigenvalue weighted by molar-refractivity contribution is 6.05. The first-order chi connectivity index (χ1) is 14.8. The molecular weight excluding hydrogens is 413 g/mol. The Morgan fingerprint density at radius 2 is 1.90 bits per heavy atom. The number of hydrogen-bond donors (Lipinski definition) is 1. The minimum Gasteiger partial charge on any atom is -0.495 e. The molecule has 0 aliphatic heterocycles. The number of carbonyl (C=O) groups excluding carboxylic acids is 1. The quantitative estimate of drug-likeness (QED) is 0.505. The molecule has 2 aromatic heterocycles. The first kappa shape index (κ1) is 20.2. The van der Waals surface area contributed by atoms with Gasteiger partial charge in [-0.05, 0) is 48.5 Å². The highest BCUT2D eigenvalue weighted by Gasteiger charge is 2.31. The lowest BCUT2D eigenvalue weighted by Gasteiger charge is -2.12. The molecule has 1 amide bonds. The van der Waals surface area contributed by atoms with Gasteiger partial charge in [0.2, 0.25) is 5.78 Å². The summed E-state index contributed by atoms with van der Waals surface area (Å²) < 4.78 is 47.8. The third-order valence-electron chi connectivity index (χ3n) is 4.33. The number of halogens is 3. The van der Waals surface area contributed by atoms with Crippen LogP contribution in [0.4, 0.5) is 18.9 Å². The van der Waals surface area contributed by atoms with Crippen molar-refractivity contribution < 1.29 is 27.4 Å². The number of nitrogens with zero attached hydrogens (tertiary/aromatic N) is 3. The Morgan fingerprint density at radius 3 is 2.58 bits per heavy atom. The maximum Gasteiger partial charge on any atom is 0.573 e. The van der Waals surface area contributed by atoms with Crippen molar-refractivity contribution >= 4 is 17.4 Å². The lowest BCUT2D eigenvalue weighted by molar-refractivity contribution is -0.274. The summed E-state index contributed by atoms with van der Waals surface area (Å²) >= 11 is 0. The number of rotatable bonds is 5. The summed E-state index contributed by atoms with van der Waals surface area (Å²) in [5, 5.41) is 2.71. The van der Waals surface area contributed by atoms with Gasteiger partial charge in [0.1, 0.15) is 11.5 Å². The van der Waals surface area contributed by atoms with Crippen LogP contribution in [-0.2, 0) is 0 Å². The standard InChI is InChI=1S/C21H15F3N4O3/c1-30-18-8-5-14(17-12-28-10-2-9-25-20(28)27-17)11-16(18)26-19(29)13-3-6-15(7-4-13)31-21(22,23)24/h2-12H,1H3,(H,26,29). The van der Waals surface area contributed by atoms with Gasteiger partial charge in [0, 0.05) is 29.7 Å². The van der Waals surface area contributed by atoms with Gasteiger partial charge in [-0.25, -0.2) is 9.97 Å². The molecule has 4 rings (SSSR count). The lowest BCUT2D eigenvalue weighted by Crippen LogP contribution is -2.17. The molecule has 1 N–H and O–H groups in total. The predicted molar refractivity (Wildman–Crippen MR) is 106 cm³/mol. The molecule has 0 unspecified atom stereocenters. The van der Waals surface area contributed by atoms with Gasteiger partial charge in [-0.15, -0.1) is 13.2 Å². The number of methoxy groups -OCH3 is 1. The van der Waals surface area contributed by atoms with Crippen molar-refractivity contribution in [2.75, 3.05) is 12.4 Å². The van der Waals surface area contributed by atoms with E-state index in [0.29, 0.717) is 22.9 Å². The van der Waals surface area contributed by atoms with Gasteiger partial charge in [-0.2, -0.15) is 0 Å². The molecule has 0 fully saturated rings. The van der Waals surface area contributed by atoms with Gasteiger partial charge in [0.25, 0.3) is 5.91 Å². The van der Waals surface area contributed by atoms with Crippen LogP contribution in [0.1, 0.15) is 10.4 Å². The Balaban J connectivity index is 1.58. The van der Waals surface area contributed by atoms with Gasteiger partial charge >= 0.3 is 6.36 Å². The van der Waals surface area contributed by atoms with Crippen LogP contribution in [0, 0.1) is 0 Å². The SMILES string of the molecule is COc1ccc(-c2cn3cccnc3n2)cc1NC(=O)c1ccc(OC(F)(F)F)cc1. The molecule has 0 atom stereocenters. The first-order valence-corrected chi connectivity index (χ1v) is 8.98. The van der Waals surface area contributed by atoms with Crippen molar-refractivity contribution in [3.8, 4) is 22.8 Å². The van der Waals surface area contributed by atoms with Gasteiger partial charge < -0.3 is 14.8 Å². The smallest absolute Gasteiger partial charge is 0.495 e. The fraction of sp³-hybridized carbons (Fsp3) is 0.0952. The number of carbonyl (C=O) groups is 1. The third-order valence-corrected chi connectivity index (χ3v) is 4.33. The van der Waals surface area contributed by atoms with E-state index in [1.165, 1.54) is 19.2 Å². The molecule has 0 saturated heterocycles. The topological polar surface area (TPSA) is 77.8 Å². The van der Waals surface area contributed by atoms with Gasteiger partial charge in [-0.3, -0.25) is 9.20 Å². The van der Waals surface area contributed by atoms with Crippen LogP contribution in [0.3, 0.4) is 0 Å². The third kappa shape index (κ3) is 4.58. The Labute approximate surface area is 174 Å². The molecule has 2 heterocycles. The molecule has 0 saturated carbocycles. The van der Waals surface area contributed by atoms with Crippen LogP contribution < -0.4 is 14.8 Å². The van der Waals surface area contributed by atoms with Crippen molar-refractivity contribution in [1.82, 2.24) is 14.4 Å². The molecule has 4 aromatic rings. The number of anilines is 1. The van der Waals surface area contributed by atoms with Crippen LogP contribution in [0.2, 0.25) is 0 Å².